The number of carbonyl (C=O) groups is 1. The van der Waals surface area contributed by atoms with Crippen molar-refractivity contribution in [3.63, 3.8) is 0 Å². The van der Waals surface area contributed by atoms with E-state index < -0.39 is 0 Å². The molecule has 0 heterocycles. The first-order valence-corrected chi connectivity index (χ1v) is 5.45. The monoisotopic (exact) mass is 190 g/mol. The molecule has 0 aliphatic carbocycles. The van der Waals surface area contributed by atoms with E-state index >= 15 is 0 Å². The summed E-state index contributed by atoms with van der Waals surface area (Å²) in [4.78, 5) is 10.6. The first kappa shape index (κ1) is 11.8. The van der Waals surface area contributed by atoms with Gasteiger partial charge in [-0.3, -0.25) is 4.79 Å². The molecule has 1 unspecified atom stereocenters. The largest absolute Gasteiger partial charge is 0.464 e. The summed E-state index contributed by atoms with van der Waals surface area (Å²) in [6.07, 6.45) is 4.26. The summed E-state index contributed by atoms with van der Waals surface area (Å²) in [5.74, 6) is -0.189. The zero-order chi connectivity index (χ0) is 9.61. The number of hydrogen-bond donors (Lipinski definition) is 0. The fourth-order valence-electron chi connectivity index (χ4n) is 1.02. The highest BCUT2D eigenvalue weighted by Crippen LogP contribution is 2.27. The van der Waals surface area contributed by atoms with Crippen molar-refractivity contribution in [3.8, 4) is 0 Å². The van der Waals surface area contributed by atoms with Crippen molar-refractivity contribution < 1.29 is 9.53 Å². The van der Waals surface area contributed by atoms with E-state index in [4.69, 9.17) is 4.74 Å². The fraction of sp³-hybridized carbons (Fsp3) is 0.889. The van der Waals surface area contributed by atoms with Crippen LogP contribution in [0.15, 0.2) is 0 Å². The summed E-state index contributed by atoms with van der Waals surface area (Å²) in [5.41, 5.74) is 0. The molecule has 0 rings (SSSR count). The first-order chi connectivity index (χ1) is 5.54. The SMILES string of the molecule is CCCC(C)(COC(C)=O)SC. The predicted molar refractivity (Wildman–Crippen MR) is 53.5 cm³/mol. The van der Waals surface area contributed by atoms with Gasteiger partial charge in [-0.2, -0.15) is 11.8 Å². The predicted octanol–water partition coefficient (Wildman–Crippen LogP) is 2.47. The van der Waals surface area contributed by atoms with E-state index in [2.05, 4.69) is 20.1 Å². The molecule has 0 radical (unpaired) electrons. The van der Waals surface area contributed by atoms with Crippen molar-refractivity contribution >= 4 is 17.7 Å². The van der Waals surface area contributed by atoms with Crippen LogP contribution in [0.4, 0.5) is 0 Å². The van der Waals surface area contributed by atoms with Gasteiger partial charge in [-0.1, -0.05) is 13.3 Å². The lowest BCUT2D eigenvalue weighted by atomic mass is 10.1. The molecular formula is C9H18O2S. The van der Waals surface area contributed by atoms with Crippen LogP contribution in [-0.2, 0) is 9.53 Å². The summed E-state index contributed by atoms with van der Waals surface area (Å²) < 4.78 is 5.09. The number of ether oxygens (including phenoxy) is 1. The molecule has 12 heavy (non-hydrogen) atoms. The average molecular weight is 190 g/mol. The van der Waals surface area contributed by atoms with Gasteiger partial charge in [-0.05, 0) is 19.6 Å². The zero-order valence-corrected chi connectivity index (χ0v) is 9.16. The summed E-state index contributed by atoms with van der Waals surface area (Å²) >= 11 is 1.76. The Kier molecular flexibility index (Phi) is 5.38. The van der Waals surface area contributed by atoms with Crippen molar-refractivity contribution in [1.82, 2.24) is 0 Å². The van der Waals surface area contributed by atoms with Gasteiger partial charge in [0.05, 0.1) is 0 Å². The average Bonchev–Trinajstić information content (AvgIpc) is 2.02. The molecule has 0 aliphatic rings. The minimum Gasteiger partial charge on any atom is -0.464 e. The fourth-order valence-corrected chi connectivity index (χ4v) is 1.60. The quantitative estimate of drug-likeness (QED) is 0.623. The van der Waals surface area contributed by atoms with Crippen LogP contribution in [0.3, 0.4) is 0 Å². The molecule has 0 aromatic carbocycles. The maximum absolute atomic E-state index is 10.6. The number of thioether (sulfide) groups is 1. The topological polar surface area (TPSA) is 26.3 Å². The Morgan fingerprint density at radius 3 is 2.50 bits per heavy atom. The molecule has 0 N–H and O–H groups in total. The standard InChI is InChI=1S/C9H18O2S/c1-5-6-9(3,12-4)7-11-8(2)10/h5-7H2,1-4H3. The van der Waals surface area contributed by atoms with Gasteiger partial charge in [-0.15, -0.1) is 0 Å². The molecule has 0 fully saturated rings. The van der Waals surface area contributed by atoms with Crippen molar-refractivity contribution in [2.75, 3.05) is 12.9 Å². The normalized spacial score (nSPS) is 15.3. The van der Waals surface area contributed by atoms with Crippen molar-refractivity contribution in [2.24, 2.45) is 0 Å². The van der Waals surface area contributed by atoms with Gasteiger partial charge in [0, 0.05) is 11.7 Å². The van der Waals surface area contributed by atoms with Crippen LogP contribution in [0.5, 0.6) is 0 Å². The maximum atomic E-state index is 10.6. The maximum Gasteiger partial charge on any atom is 0.302 e. The Morgan fingerprint density at radius 2 is 2.17 bits per heavy atom. The van der Waals surface area contributed by atoms with Gasteiger partial charge >= 0.3 is 5.97 Å². The van der Waals surface area contributed by atoms with Gasteiger partial charge in [0.1, 0.15) is 6.61 Å². The van der Waals surface area contributed by atoms with Crippen LogP contribution < -0.4 is 0 Å². The molecule has 1 atom stereocenters. The van der Waals surface area contributed by atoms with Gasteiger partial charge in [0.2, 0.25) is 0 Å². The second-order valence-corrected chi connectivity index (χ2v) is 4.58. The van der Waals surface area contributed by atoms with E-state index in [1.165, 1.54) is 6.92 Å². The molecule has 72 valence electrons. The van der Waals surface area contributed by atoms with Crippen LogP contribution in [-0.4, -0.2) is 23.6 Å². The molecule has 0 amide bonds. The molecule has 0 saturated heterocycles. The Morgan fingerprint density at radius 1 is 1.58 bits per heavy atom. The number of rotatable bonds is 5. The van der Waals surface area contributed by atoms with Gasteiger partial charge in [0.15, 0.2) is 0 Å². The molecule has 0 spiro atoms. The van der Waals surface area contributed by atoms with Crippen molar-refractivity contribution in [1.29, 1.82) is 0 Å². The third-order valence-corrected chi connectivity index (χ3v) is 3.16. The molecule has 0 saturated carbocycles. The smallest absolute Gasteiger partial charge is 0.302 e. The third-order valence-electron chi connectivity index (χ3n) is 1.85. The zero-order valence-electron chi connectivity index (χ0n) is 8.35. The molecule has 0 bridgehead atoms. The molecule has 2 nitrogen and oxygen atoms in total. The van der Waals surface area contributed by atoms with E-state index in [9.17, 15) is 4.79 Å². The summed E-state index contributed by atoms with van der Waals surface area (Å²) in [6, 6.07) is 0. The highest BCUT2D eigenvalue weighted by molar-refractivity contribution is 8.00. The van der Waals surface area contributed by atoms with Crippen LogP contribution in [0.2, 0.25) is 0 Å². The number of carbonyl (C=O) groups excluding carboxylic acids is 1. The highest BCUT2D eigenvalue weighted by atomic mass is 32.2. The highest BCUT2D eigenvalue weighted by Gasteiger charge is 2.23. The van der Waals surface area contributed by atoms with Gasteiger partial charge in [0.25, 0.3) is 0 Å². The van der Waals surface area contributed by atoms with Crippen LogP contribution in [0.1, 0.15) is 33.6 Å². The Balaban J connectivity index is 3.86. The van der Waals surface area contributed by atoms with Gasteiger partial charge < -0.3 is 4.74 Å². The Hall–Kier alpha value is -0.180. The molecule has 3 heteroatoms. The molecule has 0 aromatic heterocycles. The Labute approximate surface area is 79.1 Å². The van der Waals surface area contributed by atoms with Crippen LogP contribution in [0, 0.1) is 0 Å². The minimum atomic E-state index is -0.189. The lowest BCUT2D eigenvalue weighted by Gasteiger charge is -2.25. The van der Waals surface area contributed by atoms with Crippen LogP contribution >= 0.6 is 11.8 Å². The molecular weight excluding hydrogens is 172 g/mol. The van der Waals surface area contributed by atoms with E-state index in [1.807, 2.05) is 0 Å². The van der Waals surface area contributed by atoms with E-state index in [0.29, 0.717) is 6.61 Å². The summed E-state index contributed by atoms with van der Waals surface area (Å²) in [6.45, 7) is 6.25. The van der Waals surface area contributed by atoms with Crippen LogP contribution in [0.25, 0.3) is 0 Å². The Bertz CT molecular complexity index is 147. The third kappa shape index (κ3) is 4.65. The minimum absolute atomic E-state index is 0.0976. The van der Waals surface area contributed by atoms with Gasteiger partial charge in [-0.25, -0.2) is 0 Å². The number of esters is 1. The van der Waals surface area contributed by atoms with Crippen molar-refractivity contribution in [2.45, 2.75) is 38.4 Å². The van der Waals surface area contributed by atoms with Crippen molar-refractivity contribution in [3.05, 3.63) is 0 Å². The number of hydrogen-bond acceptors (Lipinski definition) is 3. The van der Waals surface area contributed by atoms with E-state index in [0.717, 1.165) is 12.8 Å². The van der Waals surface area contributed by atoms with E-state index in [-0.39, 0.29) is 10.7 Å². The summed E-state index contributed by atoms with van der Waals surface area (Å²) in [7, 11) is 0. The second-order valence-electron chi connectivity index (χ2n) is 3.18. The first-order valence-electron chi connectivity index (χ1n) is 4.22. The summed E-state index contributed by atoms with van der Waals surface area (Å²) in [5, 5.41) is 0. The molecule has 0 aromatic rings. The van der Waals surface area contributed by atoms with E-state index in [1.54, 1.807) is 11.8 Å². The molecule has 0 aliphatic heterocycles. The second kappa shape index (κ2) is 5.46. The lowest BCUT2D eigenvalue weighted by molar-refractivity contribution is -0.141. The lowest BCUT2D eigenvalue weighted by Crippen LogP contribution is -2.27.